The van der Waals surface area contributed by atoms with Crippen LogP contribution >= 0.6 is 0 Å². The Morgan fingerprint density at radius 2 is 1.75 bits per heavy atom. The zero-order chi connectivity index (χ0) is 20.9. The number of nitrogens with one attached hydrogen (secondary N) is 2. The number of benzene rings is 2. The molecule has 0 aliphatic heterocycles. The summed E-state index contributed by atoms with van der Waals surface area (Å²) in [4.78, 5) is 24.9. The molecule has 0 bridgehead atoms. The smallest absolute Gasteiger partial charge is 0.255 e. The van der Waals surface area contributed by atoms with E-state index in [9.17, 15) is 18.0 Å². The Morgan fingerprint density at radius 1 is 1.07 bits per heavy atom. The molecule has 2 aromatic rings. The van der Waals surface area contributed by atoms with Gasteiger partial charge < -0.3 is 10.6 Å². The summed E-state index contributed by atoms with van der Waals surface area (Å²) in [5.74, 6) is -0.633. The third kappa shape index (κ3) is 5.10. The number of sulfonamides is 1. The van der Waals surface area contributed by atoms with Crippen molar-refractivity contribution in [2.24, 2.45) is 0 Å². The van der Waals surface area contributed by atoms with Gasteiger partial charge in [0.25, 0.3) is 11.8 Å². The number of rotatable bonds is 7. The third-order valence-electron chi connectivity index (χ3n) is 4.25. The summed E-state index contributed by atoms with van der Waals surface area (Å²) in [6, 6.07) is 11.5. The van der Waals surface area contributed by atoms with E-state index in [1.807, 2.05) is 6.92 Å². The van der Waals surface area contributed by atoms with E-state index >= 15 is 0 Å². The van der Waals surface area contributed by atoms with E-state index in [1.165, 1.54) is 7.05 Å². The maximum Gasteiger partial charge on any atom is 0.255 e. The molecule has 2 aromatic carbocycles. The highest BCUT2D eigenvalue weighted by Gasteiger charge is 2.17. The van der Waals surface area contributed by atoms with Crippen LogP contribution in [-0.2, 0) is 10.0 Å². The first-order chi connectivity index (χ1) is 13.1. The molecule has 0 saturated carbocycles. The van der Waals surface area contributed by atoms with Gasteiger partial charge in [-0.1, -0.05) is 19.1 Å². The molecule has 2 rings (SSSR count). The topological polar surface area (TPSA) is 95.6 Å². The standard InChI is InChI=1S/C20H25N3O4S/c1-5-12-21-20(25)16-8-6-7-9-17(16)22-19(24)15-10-11-18(14(2)13-15)23(3)28(4,26)27/h6-11,13H,5,12H2,1-4H3,(H,21,25)(H,22,24). The lowest BCUT2D eigenvalue weighted by Crippen LogP contribution is -2.26. The lowest BCUT2D eigenvalue weighted by molar-refractivity contribution is 0.0954. The summed E-state index contributed by atoms with van der Waals surface area (Å²) < 4.78 is 24.6. The number of amides is 2. The van der Waals surface area contributed by atoms with E-state index in [0.29, 0.717) is 34.6 Å². The van der Waals surface area contributed by atoms with Crippen molar-refractivity contribution >= 4 is 33.2 Å². The molecule has 0 aliphatic rings. The van der Waals surface area contributed by atoms with E-state index in [0.717, 1.165) is 17.0 Å². The highest BCUT2D eigenvalue weighted by molar-refractivity contribution is 7.92. The van der Waals surface area contributed by atoms with Crippen molar-refractivity contribution in [2.45, 2.75) is 20.3 Å². The van der Waals surface area contributed by atoms with Crippen molar-refractivity contribution in [1.29, 1.82) is 0 Å². The molecule has 0 aliphatic carbocycles. The van der Waals surface area contributed by atoms with Gasteiger partial charge in [0.1, 0.15) is 0 Å². The molecule has 8 heteroatoms. The zero-order valence-electron chi connectivity index (χ0n) is 16.4. The SMILES string of the molecule is CCCNC(=O)c1ccccc1NC(=O)c1ccc(N(C)S(C)(=O)=O)c(C)c1. The van der Waals surface area contributed by atoms with Crippen molar-refractivity contribution in [2.75, 3.05) is 29.5 Å². The molecule has 2 amide bonds. The molecule has 0 atom stereocenters. The lowest BCUT2D eigenvalue weighted by atomic mass is 10.1. The molecule has 0 heterocycles. The summed E-state index contributed by atoms with van der Waals surface area (Å²) >= 11 is 0. The van der Waals surface area contributed by atoms with Crippen LogP contribution in [-0.4, -0.2) is 40.1 Å². The van der Waals surface area contributed by atoms with Gasteiger partial charge in [0.05, 0.1) is 23.2 Å². The van der Waals surface area contributed by atoms with Gasteiger partial charge in [-0.3, -0.25) is 13.9 Å². The van der Waals surface area contributed by atoms with Gasteiger partial charge in [-0.15, -0.1) is 0 Å². The van der Waals surface area contributed by atoms with Gasteiger partial charge in [0.15, 0.2) is 0 Å². The van der Waals surface area contributed by atoms with Crippen molar-refractivity contribution in [3.63, 3.8) is 0 Å². The first kappa shape index (κ1) is 21.4. The zero-order valence-corrected chi connectivity index (χ0v) is 17.3. The minimum atomic E-state index is -3.39. The number of nitrogens with zero attached hydrogens (tertiary/aromatic N) is 1. The van der Waals surface area contributed by atoms with Crippen LogP contribution in [0.15, 0.2) is 42.5 Å². The molecule has 7 nitrogen and oxygen atoms in total. The van der Waals surface area contributed by atoms with E-state index in [1.54, 1.807) is 49.4 Å². The molecule has 0 radical (unpaired) electrons. The van der Waals surface area contributed by atoms with Crippen molar-refractivity contribution < 1.29 is 18.0 Å². The largest absolute Gasteiger partial charge is 0.352 e. The average Bonchev–Trinajstić information content (AvgIpc) is 2.65. The number of anilines is 2. The Labute approximate surface area is 165 Å². The van der Waals surface area contributed by atoms with Gasteiger partial charge >= 0.3 is 0 Å². The monoisotopic (exact) mass is 403 g/mol. The van der Waals surface area contributed by atoms with Crippen LogP contribution in [0.4, 0.5) is 11.4 Å². The van der Waals surface area contributed by atoms with Crippen LogP contribution in [0.25, 0.3) is 0 Å². The number of carbonyl (C=O) groups is 2. The molecule has 0 aromatic heterocycles. The lowest BCUT2D eigenvalue weighted by Gasteiger charge is -2.19. The average molecular weight is 404 g/mol. The molecular weight excluding hydrogens is 378 g/mol. The van der Waals surface area contributed by atoms with E-state index in [-0.39, 0.29) is 11.8 Å². The number of para-hydroxylation sites is 1. The first-order valence-corrected chi connectivity index (χ1v) is 10.7. The van der Waals surface area contributed by atoms with Crippen LogP contribution in [0, 0.1) is 6.92 Å². The second kappa shape index (κ2) is 8.88. The van der Waals surface area contributed by atoms with Crippen molar-refractivity contribution in [3.05, 3.63) is 59.2 Å². The Hall–Kier alpha value is -2.87. The van der Waals surface area contributed by atoms with E-state index in [4.69, 9.17) is 0 Å². The quantitative estimate of drug-likeness (QED) is 0.743. The number of hydrogen-bond donors (Lipinski definition) is 2. The van der Waals surface area contributed by atoms with Crippen LogP contribution < -0.4 is 14.9 Å². The predicted octanol–water partition coefficient (Wildman–Crippen LogP) is 2.78. The highest BCUT2D eigenvalue weighted by Crippen LogP contribution is 2.23. The molecular formula is C20H25N3O4S. The predicted molar refractivity (Wildman–Crippen MR) is 111 cm³/mol. The fourth-order valence-electron chi connectivity index (χ4n) is 2.65. The van der Waals surface area contributed by atoms with Gasteiger partial charge in [0, 0.05) is 19.2 Å². The molecule has 0 spiro atoms. The maximum atomic E-state index is 12.7. The molecule has 2 N–H and O–H groups in total. The van der Waals surface area contributed by atoms with Crippen LogP contribution in [0.3, 0.4) is 0 Å². The molecule has 28 heavy (non-hydrogen) atoms. The Balaban J connectivity index is 2.25. The summed E-state index contributed by atoms with van der Waals surface area (Å²) in [5.41, 5.74) is 2.31. The summed E-state index contributed by atoms with van der Waals surface area (Å²) in [7, 11) is -1.93. The molecule has 0 saturated heterocycles. The number of carbonyl (C=O) groups excluding carboxylic acids is 2. The Bertz CT molecular complexity index is 987. The fraction of sp³-hybridized carbons (Fsp3) is 0.300. The second-order valence-electron chi connectivity index (χ2n) is 6.49. The maximum absolute atomic E-state index is 12.7. The Kier molecular flexibility index (Phi) is 6.80. The fourth-order valence-corrected chi connectivity index (χ4v) is 3.21. The van der Waals surface area contributed by atoms with Gasteiger partial charge in [-0.2, -0.15) is 0 Å². The summed E-state index contributed by atoms with van der Waals surface area (Å²) in [6.45, 7) is 4.25. The second-order valence-corrected chi connectivity index (χ2v) is 8.50. The Morgan fingerprint density at radius 3 is 2.36 bits per heavy atom. The molecule has 0 unspecified atom stereocenters. The summed E-state index contributed by atoms with van der Waals surface area (Å²) in [6.07, 6.45) is 1.93. The summed E-state index contributed by atoms with van der Waals surface area (Å²) in [5, 5.41) is 5.55. The first-order valence-electron chi connectivity index (χ1n) is 8.88. The third-order valence-corrected chi connectivity index (χ3v) is 5.44. The van der Waals surface area contributed by atoms with Crippen LogP contribution in [0.5, 0.6) is 0 Å². The molecule has 150 valence electrons. The minimum Gasteiger partial charge on any atom is -0.352 e. The number of aryl methyl sites for hydroxylation is 1. The highest BCUT2D eigenvalue weighted by atomic mass is 32.2. The van der Waals surface area contributed by atoms with Crippen molar-refractivity contribution in [3.8, 4) is 0 Å². The van der Waals surface area contributed by atoms with Gasteiger partial charge in [-0.05, 0) is 49.2 Å². The van der Waals surface area contributed by atoms with Gasteiger partial charge in [-0.25, -0.2) is 8.42 Å². The van der Waals surface area contributed by atoms with Crippen LogP contribution in [0.1, 0.15) is 39.6 Å². The van der Waals surface area contributed by atoms with E-state index < -0.39 is 10.0 Å². The number of hydrogen-bond acceptors (Lipinski definition) is 4. The van der Waals surface area contributed by atoms with E-state index in [2.05, 4.69) is 10.6 Å². The van der Waals surface area contributed by atoms with Crippen LogP contribution in [0.2, 0.25) is 0 Å². The normalized spacial score (nSPS) is 11.0. The molecule has 0 fully saturated rings. The van der Waals surface area contributed by atoms with Crippen molar-refractivity contribution in [1.82, 2.24) is 5.32 Å². The minimum absolute atomic E-state index is 0.251. The van der Waals surface area contributed by atoms with Gasteiger partial charge in [0.2, 0.25) is 10.0 Å².